The summed E-state index contributed by atoms with van der Waals surface area (Å²) >= 11 is 0. The molecule has 0 aliphatic carbocycles. The number of rotatable bonds is 9. The van der Waals surface area contributed by atoms with Gasteiger partial charge < -0.3 is 9.15 Å². The highest BCUT2D eigenvalue weighted by Gasteiger charge is 2.17. The number of aryl methyl sites for hydroxylation is 2. The number of hydrogen-bond acceptors (Lipinski definition) is 8. The van der Waals surface area contributed by atoms with Crippen molar-refractivity contribution in [3.8, 4) is 5.75 Å². The van der Waals surface area contributed by atoms with Crippen LogP contribution in [0.4, 0.5) is 5.69 Å². The fraction of sp³-hybridized carbons (Fsp3) is 0.526. The maximum absolute atomic E-state index is 5.58. The molecule has 2 heterocycles. The van der Waals surface area contributed by atoms with Crippen LogP contribution in [0.25, 0.3) is 0 Å². The lowest BCUT2D eigenvalue weighted by atomic mass is 9.93. The predicted molar refractivity (Wildman–Crippen MR) is 104 cm³/mol. The highest BCUT2D eigenvalue weighted by molar-refractivity contribution is 5.82. The summed E-state index contributed by atoms with van der Waals surface area (Å²) in [6.07, 6.45) is 5.28. The van der Waals surface area contributed by atoms with E-state index in [1.54, 1.807) is 12.2 Å². The quantitative estimate of drug-likeness (QED) is 0.652. The maximum atomic E-state index is 5.58. The molecular weight excluding hydrogens is 344 g/mol. The molecule has 1 atom stereocenters. The second-order valence-corrected chi connectivity index (χ2v) is 6.89. The molecule has 1 unspecified atom stereocenters. The van der Waals surface area contributed by atoms with Crippen LogP contribution in [0, 0.1) is 6.92 Å². The van der Waals surface area contributed by atoms with Gasteiger partial charge in [0.2, 0.25) is 11.8 Å². The minimum atomic E-state index is 0.398. The highest BCUT2D eigenvalue weighted by atomic mass is 16.5. The number of aromatic nitrogens is 2. The van der Waals surface area contributed by atoms with Gasteiger partial charge in [-0.25, -0.2) is 0 Å². The topological polar surface area (TPSA) is 87.8 Å². The lowest BCUT2D eigenvalue weighted by Crippen LogP contribution is -2.40. The van der Waals surface area contributed by atoms with Gasteiger partial charge in [-0.2, -0.15) is 10.7 Å². The summed E-state index contributed by atoms with van der Waals surface area (Å²) in [4.78, 5) is 0. The van der Waals surface area contributed by atoms with E-state index in [-0.39, 0.29) is 0 Å². The molecule has 0 radical (unpaired) electrons. The lowest BCUT2D eigenvalue weighted by molar-refractivity contribution is 0.404. The summed E-state index contributed by atoms with van der Waals surface area (Å²) in [5, 5.41) is 13.9. The van der Waals surface area contributed by atoms with E-state index < -0.39 is 0 Å². The molecule has 2 N–H and O–H groups in total. The number of anilines is 1. The van der Waals surface area contributed by atoms with Crippen molar-refractivity contribution in [2.75, 3.05) is 12.2 Å². The first kappa shape index (κ1) is 19.0. The van der Waals surface area contributed by atoms with E-state index in [2.05, 4.69) is 39.2 Å². The first-order chi connectivity index (χ1) is 13.1. The Morgan fingerprint density at radius 3 is 2.70 bits per heavy atom. The van der Waals surface area contributed by atoms with Crippen LogP contribution in [0.5, 0.6) is 5.75 Å². The minimum absolute atomic E-state index is 0.398. The zero-order valence-corrected chi connectivity index (χ0v) is 16.5. The largest absolute Gasteiger partial charge is 0.496 e. The first-order valence-corrected chi connectivity index (χ1v) is 9.40. The van der Waals surface area contributed by atoms with Crippen molar-refractivity contribution in [2.45, 2.75) is 58.8 Å². The van der Waals surface area contributed by atoms with E-state index >= 15 is 0 Å². The van der Waals surface area contributed by atoms with Gasteiger partial charge in [-0.05, 0) is 49.4 Å². The second-order valence-electron chi connectivity index (χ2n) is 6.89. The Labute approximate surface area is 159 Å². The monoisotopic (exact) mass is 372 g/mol. The second kappa shape index (κ2) is 8.75. The molecule has 27 heavy (non-hydrogen) atoms. The van der Waals surface area contributed by atoms with E-state index in [1.165, 1.54) is 5.56 Å². The molecular formula is C19H28N6O2. The number of benzene rings is 1. The average Bonchev–Trinajstić information content (AvgIpc) is 3.29. The average molecular weight is 372 g/mol. The minimum Gasteiger partial charge on any atom is -0.496 e. The van der Waals surface area contributed by atoms with Gasteiger partial charge >= 0.3 is 0 Å². The van der Waals surface area contributed by atoms with Gasteiger partial charge in [-0.3, -0.25) is 5.43 Å². The standard InChI is InChI=1S/C19H28N6O2/c1-13(8-6-5-7-9-19-22-21-15(3)27-19)17-12-16(10-11-18(17)26-4)25-23-14(2)20-24-25/h10-13,24H,5-9H2,1-4H3,(H,20,23). The Balaban J connectivity index is 1.52. The Morgan fingerprint density at radius 2 is 2.04 bits per heavy atom. The third kappa shape index (κ3) is 4.90. The Bertz CT molecular complexity index is 788. The molecule has 0 saturated heterocycles. The molecule has 0 bridgehead atoms. The zero-order valence-electron chi connectivity index (χ0n) is 16.5. The lowest BCUT2D eigenvalue weighted by Gasteiger charge is -2.21. The van der Waals surface area contributed by atoms with Gasteiger partial charge in [0.25, 0.3) is 0 Å². The number of methoxy groups -OCH3 is 1. The predicted octanol–water partition coefficient (Wildman–Crippen LogP) is 3.46. The summed E-state index contributed by atoms with van der Waals surface area (Å²) in [7, 11) is 1.72. The van der Waals surface area contributed by atoms with Gasteiger partial charge in [0, 0.05) is 13.3 Å². The molecule has 0 amide bonds. The van der Waals surface area contributed by atoms with E-state index in [4.69, 9.17) is 9.15 Å². The molecule has 1 aromatic carbocycles. The molecule has 8 heteroatoms. The Kier molecular flexibility index (Phi) is 6.16. The van der Waals surface area contributed by atoms with Crippen LogP contribution in [-0.4, -0.2) is 23.1 Å². The van der Waals surface area contributed by atoms with Crippen molar-refractivity contribution in [3.63, 3.8) is 0 Å². The third-order valence-corrected chi connectivity index (χ3v) is 4.69. The van der Waals surface area contributed by atoms with E-state index in [1.807, 2.05) is 26.0 Å². The summed E-state index contributed by atoms with van der Waals surface area (Å²) in [5.41, 5.74) is 8.32. The van der Waals surface area contributed by atoms with Gasteiger partial charge in [0.05, 0.1) is 12.8 Å². The van der Waals surface area contributed by atoms with Crippen molar-refractivity contribution < 1.29 is 9.15 Å². The van der Waals surface area contributed by atoms with Crippen LogP contribution in [0.3, 0.4) is 0 Å². The van der Waals surface area contributed by atoms with E-state index in [9.17, 15) is 0 Å². The molecule has 3 rings (SSSR count). The number of ether oxygens (including phenoxy) is 1. The Morgan fingerprint density at radius 1 is 1.19 bits per heavy atom. The number of nitrogens with zero attached hydrogens (tertiary/aromatic N) is 4. The van der Waals surface area contributed by atoms with Crippen LogP contribution < -0.4 is 20.8 Å². The summed E-state index contributed by atoms with van der Waals surface area (Å²) in [5.74, 6) is 3.52. The molecule has 0 fully saturated rings. The van der Waals surface area contributed by atoms with E-state index in [0.29, 0.717) is 11.8 Å². The number of unbranched alkanes of at least 4 members (excludes halogenated alkanes) is 2. The number of hydrogen-bond donors (Lipinski definition) is 2. The van der Waals surface area contributed by atoms with Crippen molar-refractivity contribution in [3.05, 3.63) is 35.5 Å². The van der Waals surface area contributed by atoms with Crippen LogP contribution >= 0.6 is 0 Å². The van der Waals surface area contributed by atoms with Gasteiger partial charge in [0.15, 0.2) is 0 Å². The molecule has 0 spiro atoms. The number of nitrogens with one attached hydrogen (secondary N) is 2. The van der Waals surface area contributed by atoms with Crippen molar-refractivity contribution in [1.82, 2.24) is 21.2 Å². The Hall–Kier alpha value is -2.77. The van der Waals surface area contributed by atoms with Crippen molar-refractivity contribution in [1.29, 1.82) is 0 Å². The number of hydrazone groups is 1. The molecule has 0 saturated carbocycles. The zero-order chi connectivity index (χ0) is 19.2. The molecule has 1 aliphatic rings. The van der Waals surface area contributed by atoms with Crippen LogP contribution in [-0.2, 0) is 6.42 Å². The molecule has 1 aliphatic heterocycles. The van der Waals surface area contributed by atoms with Gasteiger partial charge in [0.1, 0.15) is 11.6 Å². The van der Waals surface area contributed by atoms with Crippen LogP contribution in [0.15, 0.2) is 27.7 Å². The molecule has 146 valence electrons. The van der Waals surface area contributed by atoms with Crippen LogP contribution in [0.1, 0.15) is 62.8 Å². The SMILES string of the molecule is COc1ccc(N2NN=C(C)N2)cc1C(C)CCCCCc1nnc(C)o1. The van der Waals surface area contributed by atoms with E-state index in [0.717, 1.165) is 55.3 Å². The molecule has 2 aromatic rings. The third-order valence-electron chi connectivity index (χ3n) is 4.69. The van der Waals surface area contributed by atoms with Gasteiger partial charge in [-0.15, -0.1) is 15.3 Å². The molecule has 1 aromatic heterocycles. The number of hydrazine groups is 2. The summed E-state index contributed by atoms with van der Waals surface area (Å²) in [6.45, 7) is 5.98. The summed E-state index contributed by atoms with van der Waals surface area (Å²) < 4.78 is 11.0. The summed E-state index contributed by atoms with van der Waals surface area (Å²) in [6, 6.07) is 6.17. The number of amidine groups is 1. The van der Waals surface area contributed by atoms with Crippen LogP contribution in [0.2, 0.25) is 0 Å². The fourth-order valence-electron chi connectivity index (χ4n) is 3.20. The smallest absolute Gasteiger partial charge is 0.216 e. The first-order valence-electron chi connectivity index (χ1n) is 9.40. The maximum Gasteiger partial charge on any atom is 0.216 e. The normalized spacial score (nSPS) is 14.5. The van der Waals surface area contributed by atoms with Crippen molar-refractivity contribution in [2.24, 2.45) is 5.10 Å². The van der Waals surface area contributed by atoms with Crippen molar-refractivity contribution >= 4 is 11.5 Å². The van der Waals surface area contributed by atoms with Gasteiger partial charge in [-0.1, -0.05) is 19.8 Å². The highest BCUT2D eigenvalue weighted by Crippen LogP contribution is 2.33. The molecule has 8 nitrogen and oxygen atoms in total. The fourth-order valence-corrected chi connectivity index (χ4v) is 3.20.